The highest BCUT2D eigenvalue weighted by atomic mass is 16.5. The predicted molar refractivity (Wildman–Crippen MR) is 146 cm³/mol. The Hall–Kier alpha value is -0.830. The molecule has 4 rings (SSSR count). The van der Waals surface area contributed by atoms with E-state index in [4.69, 9.17) is 4.74 Å². The molecular formula is C32H55NO2. The van der Waals surface area contributed by atoms with Crippen molar-refractivity contribution in [3.63, 3.8) is 0 Å². The van der Waals surface area contributed by atoms with Gasteiger partial charge in [0.1, 0.15) is 6.10 Å². The van der Waals surface area contributed by atoms with Crippen molar-refractivity contribution in [3.8, 4) is 0 Å². The average molecular weight is 486 g/mol. The Labute approximate surface area is 216 Å². The van der Waals surface area contributed by atoms with Crippen LogP contribution >= 0.6 is 0 Å². The van der Waals surface area contributed by atoms with E-state index in [-0.39, 0.29) is 12.1 Å². The monoisotopic (exact) mass is 485 g/mol. The summed E-state index contributed by atoms with van der Waals surface area (Å²) in [6.45, 7) is 13.3. The number of carbonyl (C=O) groups is 1. The van der Waals surface area contributed by atoms with Gasteiger partial charge in [-0.05, 0) is 105 Å². The first-order valence-electron chi connectivity index (χ1n) is 15.1. The van der Waals surface area contributed by atoms with Crippen LogP contribution in [0.4, 0.5) is 0 Å². The van der Waals surface area contributed by atoms with Gasteiger partial charge in [0.2, 0.25) is 0 Å². The predicted octanol–water partition coefficient (Wildman–Crippen LogP) is 7.89. The van der Waals surface area contributed by atoms with E-state index in [2.05, 4.69) is 45.6 Å². The van der Waals surface area contributed by atoms with Crippen molar-refractivity contribution in [2.45, 2.75) is 118 Å². The molecule has 3 fully saturated rings. The molecule has 0 bridgehead atoms. The van der Waals surface area contributed by atoms with Gasteiger partial charge in [-0.3, -0.25) is 4.79 Å². The van der Waals surface area contributed by atoms with Crippen molar-refractivity contribution in [1.82, 2.24) is 4.90 Å². The van der Waals surface area contributed by atoms with E-state index in [9.17, 15) is 4.79 Å². The molecule has 0 aromatic carbocycles. The van der Waals surface area contributed by atoms with Gasteiger partial charge in [0.05, 0.1) is 6.42 Å². The molecule has 0 radical (unpaired) electrons. The van der Waals surface area contributed by atoms with Crippen LogP contribution in [0, 0.1) is 46.3 Å². The quantitative estimate of drug-likeness (QED) is 0.246. The number of ether oxygens (including phenoxy) is 1. The van der Waals surface area contributed by atoms with E-state index in [0.717, 1.165) is 54.9 Å². The summed E-state index contributed by atoms with van der Waals surface area (Å²) < 4.78 is 5.94. The van der Waals surface area contributed by atoms with Crippen LogP contribution in [-0.2, 0) is 9.53 Å². The molecule has 3 nitrogen and oxygen atoms in total. The molecule has 4 aliphatic rings. The maximum Gasteiger partial charge on any atom is 0.307 e. The molecule has 3 saturated carbocycles. The fourth-order valence-corrected chi connectivity index (χ4v) is 9.31. The molecule has 35 heavy (non-hydrogen) atoms. The summed E-state index contributed by atoms with van der Waals surface area (Å²) in [5, 5.41) is 0. The van der Waals surface area contributed by atoms with Crippen molar-refractivity contribution >= 4 is 5.97 Å². The fourth-order valence-electron chi connectivity index (χ4n) is 9.31. The molecule has 8 atom stereocenters. The smallest absolute Gasteiger partial charge is 0.307 e. The number of hydrogen-bond donors (Lipinski definition) is 0. The summed E-state index contributed by atoms with van der Waals surface area (Å²) in [5.41, 5.74) is 2.51. The molecule has 0 saturated heterocycles. The minimum Gasteiger partial charge on any atom is -0.462 e. The topological polar surface area (TPSA) is 29.5 Å². The number of nitrogens with zero attached hydrogens (tertiary/aromatic N) is 1. The Morgan fingerprint density at radius 1 is 1.06 bits per heavy atom. The van der Waals surface area contributed by atoms with Crippen molar-refractivity contribution in [1.29, 1.82) is 0 Å². The maximum absolute atomic E-state index is 12.4. The van der Waals surface area contributed by atoms with Crippen LogP contribution in [0.1, 0.15) is 112 Å². The van der Waals surface area contributed by atoms with Crippen LogP contribution < -0.4 is 0 Å². The van der Waals surface area contributed by atoms with Crippen LogP contribution in [-0.4, -0.2) is 37.6 Å². The molecule has 4 unspecified atom stereocenters. The van der Waals surface area contributed by atoms with Gasteiger partial charge in [0, 0.05) is 13.0 Å². The highest BCUT2D eigenvalue weighted by Gasteiger charge is 2.59. The summed E-state index contributed by atoms with van der Waals surface area (Å²) >= 11 is 0. The molecule has 0 N–H and O–H groups in total. The lowest BCUT2D eigenvalue weighted by molar-refractivity contribution is -0.151. The van der Waals surface area contributed by atoms with Gasteiger partial charge in [0.15, 0.2) is 0 Å². The van der Waals surface area contributed by atoms with Gasteiger partial charge in [-0.15, -0.1) is 0 Å². The number of allylic oxidation sites excluding steroid dienone is 1. The molecule has 0 aromatic rings. The van der Waals surface area contributed by atoms with Gasteiger partial charge in [0.25, 0.3) is 0 Å². The Balaban J connectivity index is 1.40. The summed E-state index contributed by atoms with van der Waals surface area (Å²) in [7, 11) is 4.02. The molecule has 3 heteroatoms. The van der Waals surface area contributed by atoms with Gasteiger partial charge >= 0.3 is 5.97 Å². The molecule has 0 spiro atoms. The van der Waals surface area contributed by atoms with E-state index >= 15 is 0 Å². The van der Waals surface area contributed by atoms with Crippen molar-refractivity contribution in [3.05, 3.63) is 11.6 Å². The minimum atomic E-state index is -0.0190. The van der Waals surface area contributed by atoms with E-state index in [0.29, 0.717) is 17.3 Å². The van der Waals surface area contributed by atoms with Gasteiger partial charge in [-0.1, -0.05) is 65.5 Å². The van der Waals surface area contributed by atoms with Crippen LogP contribution in [0.25, 0.3) is 0 Å². The minimum absolute atomic E-state index is 0.0190. The summed E-state index contributed by atoms with van der Waals surface area (Å²) in [6.07, 6.45) is 17.7. The second-order valence-corrected chi connectivity index (χ2v) is 14.2. The molecule has 4 aliphatic carbocycles. The molecule has 0 aromatic heterocycles. The van der Waals surface area contributed by atoms with Gasteiger partial charge in [-0.25, -0.2) is 0 Å². The van der Waals surface area contributed by atoms with E-state index in [1.165, 1.54) is 57.8 Å². The van der Waals surface area contributed by atoms with E-state index in [1.807, 2.05) is 14.1 Å². The second kappa shape index (κ2) is 10.9. The molecule has 0 heterocycles. The summed E-state index contributed by atoms with van der Waals surface area (Å²) in [6, 6.07) is 0. The molecular weight excluding hydrogens is 430 g/mol. The molecule has 0 aliphatic heterocycles. The Kier molecular flexibility index (Phi) is 8.46. The Morgan fingerprint density at radius 3 is 2.54 bits per heavy atom. The third-order valence-electron chi connectivity index (χ3n) is 11.3. The zero-order chi connectivity index (χ0) is 25.4. The normalized spacial score (nSPS) is 39.6. The lowest BCUT2D eigenvalue weighted by atomic mass is 9.47. The highest BCUT2D eigenvalue weighted by Crippen LogP contribution is 2.67. The number of fused-ring (bicyclic) bond motifs is 5. The molecule has 200 valence electrons. The standard InChI is InChI=1S/C32H55NO2/c1-22(2)9-8-10-23(3)27-13-14-28-26-12-11-24-21-25(35-30(34)17-20-33(6)7)15-18-31(24,4)29(26)16-19-32(27,28)5/h11,22-23,25-29H,8-10,12-21H2,1-7H3/t23-,25?,26?,27-,28?,29?,31+,32-/m1/s1. The third-order valence-corrected chi connectivity index (χ3v) is 11.3. The second-order valence-electron chi connectivity index (χ2n) is 14.2. The van der Waals surface area contributed by atoms with Crippen LogP contribution in [0.2, 0.25) is 0 Å². The Morgan fingerprint density at radius 2 is 1.83 bits per heavy atom. The van der Waals surface area contributed by atoms with Crippen LogP contribution in [0.3, 0.4) is 0 Å². The average Bonchev–Trinajstić information content (AvgIpc) is 3.15. The van der Waals surface area contributed by atoms with Gasteiger partial charge < -0.3 is 9.64 Å². The first-order valence-corrected chi connectivity index (χ1v) is 15.1. The van der Waals surface area contributed by atoms with Gasteiger partial charge in [-0.2, -0.15) is 0 Å². The first kappa shape index (κ1) is 27.2. The highest BCUT2D eigenvalue weighted by molar-refractivity contribution is 5.69. The zero-order valence-corrected chi connectivity index (χ0v) is 24.1. The van der Waals surface area contributed by atoms with Crippen molar-refractivity contribution in [2.75, 3.05) is 20.6 Å². The number of rotatable bonds is 9. The lowest BCUT2D eigenvalue weighted by Crippen LogP contribution is -2.51. The number of carbonyl (C=O) groups excluding carboxylic acids is 1. The summed E-state index contributed by atoms with van der Waals surface area (Å²) in [5.74, 6) is 5.24. The Bertz CT molecular complexity index is 772. The first-order chi connectivity index (χ1) is 16.5. The molecule has 0 amide bonds. The lowest BCUT2D eigenvalue weighted by Gasteiger charge is -2.58. The van der Waals surface area contributed by atoms with Crippen molar-refractivity contribution in [2.24, 2.45) is 46.3 Å². The number of hydrogen-bond acceptors (Lipinski definition) is 3. The van der Waals surface area contributed by atoms with Crippen LogP contribution in [0.5, 0.6) is 0 Å². The summed E-state index contributed by atoms with van der Waals surface area (Å²) in [4.78, 5) is 14.4. The van der Waals surface area contributed by atoms with Crippen molar-refractivity contribution < 1.29 is 9.53 Å². The number of esters is 1. The maximum atomic E-state index is 12.4. The van der Waals surface area contributed by atoms with Crippen LogP contribution in [0.15, 0.2) is 11.6 Å². The van der Waals surface area contributed by atoms with E-state index in [1.54, 1.807) is 5.57 Å². The largest absolute Gasteiger partial charge is 0.462 e. The zero-order valence-electron chi connectivity index (χ0n) is 24.1. The fraction of sp³-hybridized carbons (Fsp3) is 0.906. The SMILES string of the molecule is CC(C)CCC[C@@H](C)[C@H]1CCC2C3CC=C4CC(OC(=O)CCN(C)C)CC[C@]4(C)C3CC[C@@]21C. The third kappa shape index (κ3) is 5.55. The van der Waals surface area contributed by atoms with E-state index < -0.39 is 0 Å².